The fourth-order valence-electron chi connectivity index (χ4n) is 2.19. The predicted octanol–water partition coefficient (Wildman–Crippen LogP) is 3.27. The van der Waals surface area contributed by atoms with Gasteiger partial charge < -0.3 is 9.72 Å². The van der Waals surface area contributed by atoms with E-state index in [0.717, 1.165) is 23.4 Å². The van der Waals surface area contributed by atoms with Gasteiger partial charge in [-0.05, 0) is 36.2 Å². The summed E-state index contributed by atoms with van der Waals surface area (Å²) in [7, 11) is 1.66. The van der Waals surface area contributed by atoms with Crippen LogP contribution in [0.1, 0.15) is 5.56 Å². The maximum Gasteiger partial charge on any atom is 0.259 e. The second-order valence-corrected chi connectivity index (χ2v) is 5.92. The molecule has 0 radical (unpaired) electrons. The Morgan fingerprint density at radius 1 is 1.14 bits per heavy atom. The molecular formula is C17H16N2O2S. The van der Waals surface area contributed by atoms with Crippen molar-refractivity contribution in [3.8, 4) is 5.75 Å². The van der Waals surface area contributed by atoms with Gasteiger partial charge in [0.2, 0.25) is 0 Å². The first-order chi connectivity index (χ1) is 10.8. The lowest BCUT2D eigenvalue weighted by molar-refractivity contribution is 0.414. The molecule has 0 unspecified atom stereocenters. The maximum absolute atomic E-state index is 12.0. The molecule has 0 aliphatic rings. The summed E-state index contributed by atoms with van der Waals surface area (Å²) < 4.78 is 5.14. The highest BCUT2D eigenvalue weighted by Gasteiger charge is 2.04. The molecule has 0 bridgehead atoms. The van der Waals surface area contributed by atoms with Crippen molar-refractivity contribution in [1.29, 1.82) is 0 Å². The van der Waals surface area contributed by atoms with Crippen LogP contribution < -0.4 is 10.3 Å². The Morgan fingerprint density at radius 2 is 1.91 bits per heavy atom. The number of aromatic nitrogens is 2. The summed E-state index contributed by atoms with van der Waals surface area (Å²) in [5.74, 6) is 1.71. The molecule has 0 amide bonds. The largest absolute Gasteiger partial charge is 0.497 e. The van der Waals surface area contributed by atoms with Gasteiger partial charge in [-0.15, -0.1) is 0 Å². The van der Waals surface area contributed by atoms with Crippen LogP contribution in [0.4, 0.5) is 0 Å². The highest BCUT2D eigenvalue weighted by molar-refractivity contribution is 7.99. The molecule has 1 heterocycles. The number of aromatic amines is 1. The van der Waals surface area contributed by atoms with Crippen LogP contribution in [-0.2, 0) is 6.42 Å². The first-order valence-corrected chi connectivity index (χ1v) is 7.99. The number of nitrogens with zero attached hydrogens (tertiary/aromatic N) is 1. The maximum atomic E-state index is 12.0. The van der Waals surface area contributed by atoms with E-state index in [0.29, 0.717) is 10.5 Å². The Kier molecular flexibility index (Phi) is 4.44. The first kappa shape index (κ1) is 14.7. The van der Waals surface area contributed by atoms with Crippen LogP contribution in [0.5, 0.6) is 5.75 Å². The van der Waals surface area contributed by atoms with Crippen molar-refractivity contribution in [3.05, 3.63) is 64.4 Å². The zero-order chi connectivity index (χ0) is 15.4. The fraction of sp³-hybridized carbons (Fsp3) is 0.176. The number of ether oxygens (including phenoxy) is 1. The molecule has 1 N–H and O–H groups in total. The molecule has 5 heteroatoms. The van der Waals surface area contributed by atoms with Gasteiger partial charge in [-0.2, -0.15) is 0 Å². The monoisotopic (exact) mass is 312 g/mol. The fourth-order valence-corrected chi connectivity index (χ4v) is 3.05. The number of aryl methyl sites for hydroxylation is 1. The second-order valence-electron chi connectivity index (χ2n) is 4.83. The van der Waals surface area contributed by atoms with E-state index in [1.807, 2.05) is 30.3 Å². The van der Waals surface area contributed by atoms with E-state index in [1.165, 1.54) is 5.56 Å². The van der Waals surface area contributed by atoms with Crippen molar-refractivity contribution < 1.29 is 4.74 Å². The summed E-state index contributed by atoms with van der Waals surface area (Å²) in [4.78, 5) is 19.3. The SMILES string of the molecule is COc1ccc(CCSc2nc3ccccc3c(=O)[nH]2)cc1. The van der Waals surface area contributed by atoms with Crippen LogP contribution >= 0.6 is 11.8 Å². The first-order valence-electron chi connectivity index (χ1n) is 7.01. The highest BCUT2D eigenvalue weighted by Crippen LogP contribution is 2.17. The Bertz CT molecular complexity index is 828. The normalized spacial score (nSPS) is 10.8. The van der Waals surface area contributed by atoms with Crippen LogP contribution in [0, 0.1) is 0 Å². The van der Waals surface area contributed by atoms with Crippen molar-refractivity contribution in [3.63, 3.8) is 0 Å². The topological polar surface area (TPSA) is 55.0 Å². The number of H-pyrrole nitrogens is 1. The smallest absolute Gasteiger partial charge is 0.259 e. The molecule has 0 atom stereocenters. The lowest BCUT2D eigenvalue weighted by atomic mass is 10.2. The third-order valence-corrected chi connectivity index (χ3v) is 4.25. The van der Waals surface area contributed by atoms with Gasteiger partial charge in [-0.1, -0.05) is 36.0 Å². The third kappa shape index (κ3) is 3.31. The van der Waals surface area contributed by atoms with E-state index in [9.17, 15) is 4.79 Å². The van der Waals surface area contributed by atoms with Gasteiger partial charge in [0.1, 0.15) is 5.75 Å². The summed E-state index contributed by atoms with van der Waals surface area (Å²) in [5, 5.41) is 1.29. The van der Waals surface area contributed by atoms with Crippen molar-refractivity contribution in [2.75, 3.05) is 12.9 Å². The van der Waals surface area contributed by atoms with Gasteiger partial charge in [0, 0.05) is 5.75 Å². The summed E-state index contributed by atoms with van der Waals surface area (Å²) >= 11 is 1.56. The number of para-hydroxylation sites is 1. The molecule has 0 fully saturated rings. The molecule has 0 aliphatic heterocycles. The van der Waals surface area contributed by atoms with Gasteiger partial charge in [0.05, 0.1) is 18.0 Å². The summed E-state index contributed by atoms with van der Waals surface area (Å²) in [5.41, 5.74) is 1.88. The van der Waals surface area contributed by atoms with Gasteiger partial charge in [0.15, 0.2) is 5.16 Å². The van der Waals surface area contributed by atoms with E-state index < -0.39 is 0 Å². The molecule has 1 aromatic heterocycles. The molecule has 2 aromatic carbocycles. The molecule has 0 saturated heterocycles. The predicted molar refractivity (Wildman–Crippen MR) is 89.8 cm³/mol. The lowest BCUT2D eigenvalue weighted by Gasteiger charge is -2.04. The molecule has 3 aromatic rings. The van der Waals surface area contributed by atoms with Crippen LogP contribution in [0.2, 0.25) is 0 Å². The summed E-state index contributed by atoms with van der Waals surface area (Å²) in [6.07, 6.45) is 0.908. The van der Waals surface area contributed by atoms with Crippen molar-refractivity contribution in [2.24, 2.45) is 0 Å². The number of hydrogen-bond acceptors (Lipinski definition) is 4. The Balaban J connectivity index is 1.67. The number of hydrogen-bond donors (Lipinski definition) is 1. The number of rotatable bonds is 5. The van der Waals surface area contributed by atoms with Crippen molar-refractivity contribution in [2.45, 2.75) is 11.6 Å². The molecular weight excluding hydrogens is 296 g/mol. The quantitative estimate of drug-likeness (QED) is 0.580. The molecule has 112 valence electrons. The zero-order valence-electron chi connectivity index (χ0n) is 12.2. The van der Waals surface area contributed by atoms with Crippen LogP contribution in [-0.4, -0.2) is 22.8 Å². The minimum atomic E-state index is -0.0856. The summed E-state index contributed by atoms with van der Waals surface area (Å²) in [6.45, 7) is 0. The summed E-state index contributed by atoms with van der Waals surface area (Å²) in [6, 6.07) is 15.4. The molecule has 0 aliphatic carbocycles. The average molecular weight is 312 g/mol. The molecule has 3 rings (SSSR count). The van der Waals surface area contributed by atoms with Crippen molar-refractivity contribution >= 4 is 22.7 Å². The minimum Gasteiger partial charge on any atom is -0.497 e. The number of methoxy groups -OCH3 is 1. The van der Waals surface area contributed by atoms with E-state index >= 15 is 0 Å². The van der Waals surface area contributed by atoms with Crippen LogP contribution in [0.3, 0.4) is 0 Å². The second kappa shape index (κ2) is 6.66. The number of fused-ring (bicyclic) bond motifs is 1. The van der Waals surface area contributed by atoms with E-state index in [-0.39, 0.29) is 5.56 Å². The van der Waals surface area contributed by atoms with Crippen LogP contribution in [0.15, 0.2) is 58.5 Å². The Hall–Kier alpha value is -2.27. The number of thioether (sulfide) groups is 1. The van der Waals surface area contributed by atoms with E-state index in [4.69, 9.17) is 4.74 Å². The van der Waals surface area contributed by atoms with Gasteiger partial charge in [0.25, 0.3) is 5.56 Å². The van der Waals surface area contributed by atoms with E-state index in [1.54, 1.807) is 24.9 Å². The lowest BCUT2D eigenvalue weighted by Crippen LogP contribution is -2.09. The van der Waals surface area contributed by atoms with Crippen LogP contribution in [0.25, 0.3) is 10.9 Å². The molecule has 22 heavy (non-hydrogen) atoms. The number of nitrogens with one attached hydrogen (secondary N) is 1. The number of benzene rings is 2. The Labute approximate surface area is 132 Å². The van der Waals surface area contributed by atoms with Gasteiger partial charge in [-0.3, -0.25) is 4.79 Å². The standard InChI is InChI=1S/C17H16N2O2S/c1-21-13-8-6-12(7-9-13)10-11-22-17-18-15-5-3-2-4-14(15)16(20)19-17/h2-9H,10-11H2,1H3,(H,18,19,20). The minimum absolute atomic E-state index is 0.0856. The van der Waals surface area contributed by atoms with E-state index in [2.05, 4.69) is 22.1 Å². The molecule has 0 spiro atoms. The van der Waals surface area contributed by atoms with Crippen molar-refractivity contribution in [1.82, 2.24) is 9.97 Å². The Morgan fingerprint density at radius 3 is 2.68 bits per heavy atom. The molecule has 0 saturated carbocycles. The average Bonchev–Trinajstić information content (AvgIpc) is 2.56. The highest BCUT2D eigenvalue weighted by atomic mass is 32.2. The third-order valence-electron chi connectivity index (χ3n) is 3.38. The zero-order valence-corrected chi connectivity index (χ0v) is 13.0. The van der Waals surface area contributed by atoms with Gasteiger partial charge >= 0.3 is 0 Å². The van der Waals surface area contributed by atoms with Gasteiger partial charge in [-0.25, -0.2) is 4.98 Å². The molecule has 4 nitrogen and oxygen atoms in total.